The van der Waals surface area contributed by atoms with Gasteiger partial charge >= 0.3 is 11.8 Å². The van der Waals surface area contributed by atoms with Gasteiger partial charge in [0.25, 0.3) is 5.92 Å². The van der Waals surface area contributed by atoms with Gasteiger partial charge in [0.1, 0.15) is 5.78 Å². The lowest BCUT2D eigenvalue weighted by Gasteiger charge is -2.47. The summed E-state index contributed by atoms with van der Waals surface area (Å²) in [5, 5.41) is 9.48. The standard InChI is InChI=1S/C21H19ClF4N4O3.H2S/c22-13-5-11(6-14(23)17(13)24)7-15(31)12-2-4-30(8-12)19(33)18(32)28-20(9-21(25,26)10-20)16-1-3-27-29-16;/h1,5-6,12H,2-4,7-10H2,(H,28,32);1H2/t12-;/m0./s1. The van der Waals surface area contributed by atoms with E-state index in [1.54, 1.807) is 0 Å². The number of amides is 2. The Bertz CT molecular complexity index is 1070. The summed E-state index contributed by atoms with van der Waals surface area (Å²) in [6, 6.07) is 2.04. The fraction of sp³-hybridized carbons (Fsp3) is 0.476. The van der Waals surface area contributed by atoms with Crippen molar-refractivity contribution in [3.05, 3.63) is 46.1 Å². The van der Waals surface area contributed by atoms with Gasteiger partial charge in [0.2, 0.25) is 0 Å². The summed E-state index contributed by atoms with van der Waals surface area (Å²) < 4.78 is 54.0. The van der Waals surface area contributed by atoms with Gasteiger partial charge in [0.05, 0.1) is 22.8 Å². The normalized spacial score (nSPS) is 22.0. The molecule has 4 rings (SSSR count). The topological polar surface area (TPSA) is 91.2 Å². The third-order valence-electron chi connectivity index (χ3n) is 6.06. The molecular weight excluding hydrogens is 500 g/mol. The summed E-state index contributed by atoms with van der Waals surface area (Å²) in [7, 11) is 0. The third-order valence-corrected chi connectivity index (χ3v) is 6.33. The maximum Gasteiger partial charge on any atom is 0.311 e. The molecule has 1 atom stereocenters. The first-order chi connectivity index (χ1) is 15.5. The van der Waals surface area contributed by atoms with E-state index in [1.165, 1.54) is 11.0 Å². The average molecular weight is 521 g/mol. The Morgan fingerprint density at radius 1 is 1.21 bits per heavy atom. The molecular formula is C21H21ClF4N4O3S. The van der Waals surface area contributed by atoms with Crippen molar-refractivity contribution < 1.29 is 31.9 Å². The molecule has 1 saturated carbocycles. The number of halogens is 5. The number of nitrogens with one attached hydrogen (secondary N) is 1. The smallest absolute Gasteiger partial charge is 0.311 e. The van der Waals surface area contributed by atoms with E-state index in [0.29, 0.717) is 0 Å². The lowest BCUT2D eigenvalue weighted by molar-refractivity contribution is -0.153. The lowest BCUT2D eigenvalue weighted by Crippen LogP contribution is -2.64. The number of nitrogens with zero attached hydrogens (tertiary/aromatic N) is 3. The predicted octanol–water partition coefficient (Wildman–Crippen LogP) is 3.32. The van der Waals surface area contributed by atoms with Gasteiger partial charge in [-0.2, -0.15) is 23.7 Å². The van der Waals surface area contributed by atoms with Gasteiger partial charge in [-0.3, -0.25) is 14.4 Å². The number of likely N-dealkylation sites (tertiary alicyclic amines) is 1. The first-order valence-electron chi connectivity index (χ1n) is 10.2. The highest BCUT2D eigenvalue weighted by Crippen LogP contribution is 2.50. The summed E-state index contributed by atoms with van der Waals surface area (Å²) in [5.41, 5.74) is -1.05. The SMILES string of the molecule is O=C(NC1(C2=CCN=N2)CC(F)(F)C1)C(=O)N1CC[C@H](C(=O)Cc2cc(F)c(F)c(Cl)c2)C1.S. The highest BCUT2D eigenvalue weighted by molar-refractivity contribution is 7.59. The van der Waals surface area contributed by atoms with Crippen LogP contribution in [0.25, 0.3) is 0 Å². The fourth-order valence-electron chi connectivity index (χ4n) is 4.42. The van der Waals surface area contributed by atoms with E-state index in [1.807, 2.05) is 0 Å². The van der Waals surface area contributed by atoms with Crippen molar-refractivity contribution in [2.24, 2.45) is 16.1 Å². The van der Waals surface area contributed by atoms with Crippen molar-refractivity contribution in [2.45, 2.75) is 37.1 Å². The van der Waals surface area contributed by atoms with Gasteiger partial charge < -0.3 is 10.2 Å². The minimum Gasteiger partial charge on any atom is -0.336 e. The molecule has 2 aliphatic heterocycles. The first kappa shape index (κ1) is 26.1. The molecule has 0 bridgehead atoms. The van der Waals surface area contributed by atoms with E-state index in [4.69, 9.17) is 11.6 Å². The van der Waals surface area contributed by atoms with Crippen molar-refractivity contribution in [2.75, 3.05) is 19.6 Å². The number of azo groups is 1. The Morgan fingerprint density at radius 3 is 2.50 bits per heavy atom. The first-order valence-corrected chi connectivity index (χ1v) is 10.6. The van der Waals surface area contributed by atoms with E-state index in [0.717, 1.165) is 12.1 Å². The number of hydrogen-bond donors (Lipinski definition) is 1. The van der Waals surface area contributed by atoms with Gasteiger partial charge in [-0.05, 0) is 30.2 Å². The van der Waals surface area contributed by atoms with Crippen molar-refractivity contribution in [3.63, 3.8) is 0 Å². The second-order valence-electron chi connectivity index (χ2n) is 8.51. The van der Waals surface area contributed by atoms with Crippen LogP contribution in [0.2, 0.25) is 5.02 Å². The number of hydrogen-bond acceptors (Lipinski definition) is 5. The van der Waals surface area contributed by atoms with E-state index in [9.17, 15) is 31.9 Å². The van der Waals surface area contributed by atoms with E-state index in [-0.39, 0.29) is 63.0 Å². The zero-order chi connectivity index (χ0) is 24.0. The van der Waals surface area contributed by atoms with Crippen LogP contribution in [0, 0.1) is 17.6 Å². The van der Waals surface area contributed by atoms with Crippen LogP contribution in [0.3, 0.4) is 0 Å². The molecule has 1 N–H and O–H groups in total. The summed E-state index contributed by atoms with van der Waals surface area (Å²) >= 11 is 5.61. The molecule has 184 valence electrons. The van der Waals surface area contributed by atoms with Crippen LogP contribution in [0.15, 0.2) is 34.1 Å². The van der Waals surface area contributed by atoms with Gasteiger partial charge in [-0.15, -0.1) is 0 Å². The van der Waals surface area contributed by atoms with Gasteiger partial charge in [-0.1, -0.05) is 11.6 Å². The maximum absolute atomic E-state index is 13.6. The number of Topliss-reactive ketones (excluding diaryl/α,β-unsaturated/α-hetero) is 1. The number of ketones is 1. The van der Waals surface area contributed by atoms with E-state index >= 15 is 0 Å². The molecule has 3 aliphatic rings. The van der Waals surface area contributed by atoms with Crippen LogP contribution < -0.4 is 5.32 Å². The predicted molar refractivity (Wildman–Crippen MR) is 118 cm³/mol. The van der Waals surface area contributed by atoms with Crippen molar-refractivity contribution in [3.8, 4) is 0 Å². The Hall–Kier alpha value is -2.47. The molecule has 1 saturated heterocycles. The van der Waals surface area contributed by atoms with Crippen LogP contribution in [-0.4, -0.2) is 53.6 Å². The summed E-state index contributed by atoms with van der Waals surface area (Å²) in [5.74, 6) is -8.28. The maximum atomic E-state index is 13.6. The van der Waals surface area contributed by atoms with Crippen molar-refractivity contribution >= 4 is 42.7 Å². The zero-order valence-electron chi connectivity index (χ0n) is 17.7. The molecule has 0 radical (unpaired) electrons. The Morgan fingerprint density at radius 2 is 1.91 bits per heavy atom. The summed E-state index contributed by atoms with van der Waals surface area (Å²) in [6.07, 6.45) is 0.226. The minimum atomic E-state index is -2.98. The molecule has 2 heterocycles. The van der Waals surface area contributed by atoms with Crippen LogP contribution in [0.5, 0.6) is 0 Å². The van der Waals surface area contributed by atoms with Crippen molar-refractivity contribution in [1.82, 2.24) is 10.2 Å². The number of carbonyl (C=O) groups excluding carboxylic acids is 3. The quantitative estimate of drug-likeness (QED) is 0.367. The molecule has 1 aromatic rings. The molecule has 2 fully saturated rings. The molecule has 13 heteroatoms. The Balaban J connectivity index is 0.00000324. The van der Waals surface area contributed by atoms with Crippen LogP contribution >= 0.6 is 25.1 Å². The van der Waals surface area contributed by atoms with Gasteiger partial charge in [0.15, 0.2) is 11.6 Å². The van der Waals surface area contributed by atoms with E-state index in [2.05, 4.69) is 15.5 Å². The largest absolute Gasteiger partial charge is 0.336 e. The molecule has 0 aromatic heterocycles. The highest BCUT2D eigenvalue weighted by Gasteiger charge is 2.60. The van der Waals surface area contributed by atoms with Crippen LogP contribution in [-0.2, 0) is 20.8 Å². The molecule has 1 aromatic carbocycles. The molecule has 1 aliphatic carbocycles. The number of rotatable bonds is 5. The van der Waals surface area contributed by atoms with Gasteiger partial charge in [0, 0.05) is 38.3 Å². The summed E-state index contributed by atoms with van der Waals surface area (Å²) in [6.45, 7) is 0.284. The fourth-order valence-corrected chi connectivity index (χ4v) is 4.65. The molecule has 34 heavy (non-hydrogen) atoms. The Labute approximate surface area is 204 Å². The lowest BCUT2D eigenvalue weighted by atomic mass is 9.71. The average Bonchev–Trinajstić information content (AvgIpc) is 3.42. The molecule has 7 nitrogen and oxygen atoms in total. The highest BCUT2D eigenvalue weighted by atomic mass is 35.5. The third kappa shape index (κ3) is 5.12. The van der Waals surface area contributed by atoms with E-state index < -0.39 is 58.7 Å². The second kappa shape index (κ2) is 9.65. The molecule has 0 spiro atoms. The monoisotopic (exact) mass is 520 g/mol. The zero-order valence-corrected chi connectivity index (χ0v) is 19.5. The van der Waals surface area contributed by atoms with Crippen molar-refractivity contribution in [1.29, 1.82) is 0 Å². The molecule has 2 amide bonds. The molecule has 0 unspecified atom stereocenters. The second-order valence-corrected chi connectivity index (χ2v) is 8.92. The summed E-state index contributed by atoms with van der Waals surface area (Å²) in [4.78, 5) is 38.9. The van der Waals surface area contributed by atoms with Crippen LogP contribution in [0.4, 0.5) is 17.6 Å². The number of carbonyl (C=O) groups is 3. The Kier molecular flexibility index (Phi) is 7.42. The number of benzene rings is 1. The number of alkyl halides is 2. The van der Waals surface area contributed by atoms with Gasteiger partial charge in [-0.25, -0.2) is 17.6 Å². The minimum absolute atomic E-state index is 0. The van der Waals surface area contributed by atoms with Crippen LogP contribution in [0.1, 0.15) is 24.8 Å².